The summed E-state index contributed by atoms with van der Waals surface area (Å²) < 4.78 is 5.78. The summed E-state index contributed by atoms with van der Waals surface area (Å²) in [5.41, 5.74) is 12.9. The van der Waals surface area contributed by atoms with Gasteiger partial charge in [-0.05, 0) is 18.2 Å². The van der Waals surface area contributed by atoms with Crippen molar-refractivity contribution in [2.24, 2.45) is 10.7 Å². The third-order valence-electron chi connectivity index (χ3n) is 3.54. The number of amides is 1. The zero-order chi connectivity index (χ0) is 18.0. The molecule has 0 saturated heterocycles. The van der Waals surface area contributed by atoms with Crippen LogP contribution in [0.3, 0.4) is 0 Å². The van der Waals surface area contributed by atoms with E-state index in [2.05, 4.69) is 15.3 Å². The molecule has 0 aliphatic heterocycles. The minimum atomic E-state index is -0.412. The van der Waals surface area contributed by atoms with Gasteiger partial charge in [-0.2, -0.15) is 0 Å². The first kappa shape index (κ1) is 19.4. The quantitative estimate of drug-likeness (QED) is 0.310. The fourth-order valence-electron chi connectivity index (χ4n) is 2.29. The fourth-order valence-corrected chi connectivity index (χ4v) is 2.55. The summed E-state index contributed by atoms with van der Waals surface area (Å²) >= 11 is 6.31. The molecular formula is C17H17Cl2N5O2. The lowest BCUT2D eigenvalue weighted by Gasteiger charge is -2.08. The van der Waals surface area contributed by atoms with Crippen molar-refractivity contribution in [3.8, 4) is 11.5 Å². The number of nitrogens with one attached hydrogen (secondary N) is 2. The van der Waals surface area contributed by atoms with Gasteiger partial charge in [0.15, 0.2) is 5.96 Å². The molecule has 7 nitrogen and oxygen atoms in total. The number of hydrogen-bond donors (Lipinski definition) is 4. The second-order valence-electron chi connectivity index (χ2n) is 5.25. The molecule has 9 heteroatoms. The highest BCUT2D eigenvalue weighted by atomic mass is 35.5. The molecule has 0 aliphatic rings. The number of fused-ring (bicyclic) bond motifs is 1. The van der Waals surface area contributed by atoms with Gasteiger partial charge in [0.2, 0.25) is 0 Å². The van der Waals surface area contributed by atoms with Crippen molar-refractivity contribution in [1.82, 2.24) is 10.3 Å². The number of benzene rings is 2. The van der Waals surface area contributed by atoms with Crippen LogP contribution in [0.4, 0.5) is 5.69 Å². The van der Waals surface area contributed by atoms with Gasteiger partial charge in [0.05, 0.1) is 16.2 Å². The van der Waals surface area contributed by atoms with Gasteiger partial charge in [-0.25, -0.2) is 0 Å². The number of nitrogens with two attached hydrogens (primary N) is 2. The number of guanidine groups is 1. The highest BCUT2D eigenvalue weighted by molar-refractivity contribution is 6.35. The maximum Gasteiger partial charge on any atom is 0.274 e. The lowest BCUT2D eigenvalue weighted by molar-refractivity contribution is 0.0972. The number of H-pyrrole nitrogens is 1. The number of halogens is 2. The van der Waals surface area contributed by atoms with Crippen molar-refractivity contribution in [2.75, 3.05) is 12.8 Å². The second kappa shape index (κ2) is 7.99. The Bertz CT molecular complexity index is 984. The molecular weight excluding hydrogens is 377 g/mol. The SMILES string of the molecule is CN=C(N)NC(=O)c1cc2c(Cl)cc(Oc3ccccc3N)cc2[nH]1.Cl. The van der Waals surface area contributed by atoms with E-state index in [0.29, 0.717) is 38.8 Å². The first-order valence-corrected chi connectivity index (χ1v) is 7.74. The monoisotopic (exact) mass is 393 g/mol. The Morgan fingerprint density at radius 1 is 1.27 bits per heavy atom. The van der Waals surface area contributed by atoms with E-state index in [4.69, 9.17) is 27.8 Å². The van der Waals surface area contributed by atoms with E-state index in [1.807, 2.05) is 12.1 Å². The van der Waals surface area contributed by atoms with Crippen molar-refractivity contribution in [2.45, 2.75) is 0 Å². The smallest absolute Gasteiger partial charge is 0.274 e. The molecule has 6 N–H and O–H groups in total. The Hall–Kier alpha value is -2.90. The number of aliphatic imine (C=N–C) groups is 1. The number of nitrogen functional groups attached to an aromatic ring is 1. The highest BCUT2D eigenvalue weighted by Crippen LogP contribution is 2.33. The first-order valence-electron chi connectivity index (χ1n) is 7.36. The second-order valence-corrected chi connectivity index (χ2v) is 5.66. The molecule has 0 atom stereocenters. The number of aromatic amines is 1. The molecule has 3 rings (SSSR count). The number of carbonyl (C=O) groups excluding carboxylic acids is 1. The normalized spacial score (nSPS) is 11.1. The van der Waals surface area contributed by atoms with E-state index < -0.39 is 5.91 Å². The number of hydrogen-bond acceptors (Lipinski definition) is 4. The summed E-state index contributed by atoms with van der Waals surface area (Å²) in [6, 6.07) is 12.2. The van der Waals surface area contributed by atoms with Crippen molar-refractivity contribution in [3.63, 3.8) is 0 Å². The van der Waals surface area contributed by atoms with E-state index in [-0.39, 0.29) is 18.4 Å². The fraction of sp³-hybridized carbons (Fsp3) is 0.0588. The average Bonchev–Trinajstić information content (AvgIpc) is 3.01. The van der Waals surface area contributed by atoms with Crippen molar-refractivity contribution in [3.05, 3.63) is 53.2 Å². The Labute approximate surface area is 160 Å². The van der Waals surface area contributed by atoms with Crippen LogP contribution < -0.4 is 21.5 Å². The molecule has 0 fully saturated rings. The van der Waals surface area contributed by atoms with E-state index in [0.717, 1.165) is 0 Å². The van der Waals surface area contributed by atoms with E-state index in [1.165, 1.54) is 7.05 Å². The molecule has 26 heavy (non-hydrogen) atoms. The summed E-state index contributed by atoms with van der Waals surface area (Å²) in [7, 11) is 1.48. The van der Waals surface area contributed by atoms with Crippen LogP contribution in [-0.4, -0.2) is 23.9 Å². The number of aromatic nitrogens is 1. The van der Waals surface area contributed by atoms with Gasteiger partial charge in [0.25, 0.3) is 5.91 Å². The Morgan fingerprint density at radius 2 is 2.00 bits per heavy atom. The maximum absolute atomic E-state index is 12.1. The largest absolute Gasteiger partial charge is 0.455 e. The third-order valence-corrected chi connectivity index (χ3v) is 3.85. The zero-order valence-corrected chi connectivity index (χ0v) is 15.3. The lowest BCUT2D eigenvalue weighted by atomic mass is 10.2. The zero-order valence-electron chi connectivity index (χ0n) is 13.7. The van der Waals surface area contributed by atoms with Gasteiger partial charge in [0, 0.05) is 24.6 Å². The molecule has 0 saturated carbocycles. The topological polar surface area (TPSA) is 119 Å². The molecule has 2 aromatic carbocycles. The van der Waals surface area contributed by atoms with Crippen LogP contribution in [0.25, 0.3) is 10.9 Å². The summed E-state index contributed by atoms with van der Waals surface area (Å²) in [5.74, 6) is 0.636. The van der Waals surface area contributed by atoms with Gasteiger partial charge >= 0.3 is 0 Å². The molecule has 136 valence electrons. The summed E-state index contributed by atoms with van der Waals surface area (Å²) in [4.78, 5) is 18.8. The Morgan fingerprint density at radius 3 is 2.69 bits per heavy atom. The van der Waals surface area contributed by atoms with Gasteiger partial charge in [0.1, 0.15) is 17.2 Å². The third kappa shape index (κ3) is 4.01. The van der Waals surface area contributed by atoms with E-state index in [1.54, 1.807) is 30.3 Å². The standard InChI is InChI=1S/C17H16ClN5O2.ClH/c1-21-17(20)23-16(24)14-8-10-11(18)6-9(7-13(10)22-14)25-15-5-3-2-4-12(15)19;/h2-8,22H,19H2,1H3,(H3,20,21,23,24);1H. The van der Waals surface area contributed by atoms with Crippen molar-refractivity contribution in [1.29, 1.82) is 0 Å². The molecule has 3 aromatic rings. The minimum Gasteiger partial charge on any atom is -0.455 e. The van der Waals surface area contributed by atoms with Gasteiger partial charge < -0.3 is 21.2 Å². The lowest BCUT2D eigenvalue weighted by Crippen LogP contribution is -2.36. The number of carbonyl (C=O) groups is 1. The van der Waals surface area contributed by atoms with Crippen LogP contribution in [0.2, 0.25) is 5.02 Å². The first-order chi connectivity index (χ1) is 12.0. The summed E-state index contributed by atoms with van der Waals surface area (Å²) in [6.07, 6.45) is 0. The number of anilines is 1. The van der Waals surface area contributed by atoms with Crippen LogP contribution >= 0.6 is 24.0 Å². The van der Waals surface area contributed by atoms with E-state index in [9.17, 15) is 4.79 Å². The van der Waals surface area contributed by atoms with Crippen LogP contribution in [0.5, 0.6) is 11.5 Å². The number of nitrogens with zero attached hydrogens (tertiary/aromatic N) is 1. The van der Waals surface area contributed by atoms with Gasteiger partial charge in [-0.3, -0.25) is 15.1 Å². The molecule has 0 unspecified atom stereocenters. The summed E-state index contributed by atoms with van der Waals surface area (Å²) in [6.45, 7) is 0. The molecule has 1 heterocycles. The van der Waals surface area contributed by atoms with Crippen LogP contribution in [0.1, 0.15) is 10.5 Å². The van der Waals surface area contributed by atoms with Crippen LogP contribution in [0, 0.1) is 0 Å². The summed E-state index contributed by atoms with van der Waals surface area (Å²) in [5, 5.41) is 3.58. The van der Waals surface area contributed by atoms with E-state index >= 15 is 0 Å². The number of rotatable bonds is 3. The molecule has 1 aromatic heterocycles. The highest BCUT2D eigenvalue weighted by Gasteiger charge is 2.14. The predicted molar refractivity (Wildman–Crippen MR) is 106 cm³/mol. The molecule has 1 amide bonds. The van der Waals surface area contributed by atoms with Crippen molar-refractivity contribution < 1.29 is 9.53 Å². The molecule has 0 aliphatic carbocycles. The molecule has 0 bridgehead atoms. The number of ether oxygens (including phenoxy) is 1. The van der Waals surface area contributed by atoms with Crippen LogP contribution in [-0.2, 0) is 0 Å². The Kier molecular flexibility index (Phi) is 5.97. The minimum absolute atomic E-state index is 0. The predicted octanol–water partition coefficient (Wildman–Crippen LogP) is 3.29. The average molecular weight is 394 g/mol. The Balaban J connectivity index is 0.00000243. The number of para-hydroxylation sites is 2. The van der Waals surface area contributed by atoms with Crippen LogP contribution in [0.15, 0.2) is 47.5 Å². The molecule has 0 spiro atoms. The maximum atomic E-state index is 12.1. The molecule has 0 radical (unpaired) electrons. The van der Waals surface area contributed by atoms with Gasteiger partial charge in [-0.1, -0.05) is 23.7 Å². The van der Waals surface area contributed by atoms with Gasteiger partial charge in [-0.15, -0.1) is 12.4 Å². The van der Waals surface area contributed by atoms with Crippen molar-refractivity contribution >= 4 is 52.5 Å².